The molecule has 0 saturated carbocycles. The van der Waals surface area contributed by atoms with Crippen LogP contribution in [-0.4, -0.2) is 42.3 Å². The van der Waals surface area contributed by atoms with Gasteiger partial charge >= 0.3 is 11.3 Å². The summed E-state index contributed by atoms with van der Waals surface area (Å²) < 4.78 is 8.58. The van der Waals surface area contributed by atoms with Crippen molar-refractivity contribution < 1.29 is 19.3 Å². The van der Waals surface area contributed by atoms with Gasteiger partial charge in [0.25, 0.3) is 0 Å². The van der Waals surface area contributed by atoms with E-state index < -0.39 is 6.09 Å². The molecule has 1 N–H and O–H groups in total. The molecule has 0 aliphatic heterocycles. The molecule has 7 heteroatoms. The number of azo groups is 2. The molecular weight excluding hydrogens is 182 g/mol. The van der Waals surface area contributed by atoms with Crippen LogP contribution in [0.3, 0.4) is 0 Å². The fourth-order valence-electron chi connectivity index (χ4n) is 0.452. The van der Waals surface area contributed by atoms with Crippen LogP contribution >= 0.6 is 0 Å². The van der Waals surface area contributed by atoms with E-state index in [0.29, 0.717) is 4.70 Å². The highest BCUT2D eigenvalue weighted by atomic mass is 32.1. The number of carbonyl (C=O) groups is 1. The van der Waals surface area contributed by atoms with Crippen molar-refractivity contribution in [2.45, 2.75) is 0 Å². The fraction of sp³-hybridized carbons (Fsp3) is 0.600. The maximum Gasteiger partial charge on any atom is 0.631 e. The molecule has 0 aromatic carbocycles. The summed E-state index contributed by atoms with van der Waals surface area (Å²) in [6, 6.07) is 0. The highest BCUT2D eigenvalue weighted by molar-refractivity contribution is 7.67. The minimum atomic E-state index is -0.758. The molecule has 12 heavy (non-hydrogen) atoms. The van der Waals surface area contributed by atoms with Gasteiger partial charge in [-0.2, -0.15) is 4.79 Å². The third kappa shape index (κ3) is 2.89. The van der Waals surface area contributed by atoms with E-state index in [4.69, 9.17) is 5.11 Å². The molecule has 0 aromatic heterocycles. The molecular formula is C5H10N3O3S+. The number of aliphatic hydroxyl groups is 1. The van der Waals surface area contributed by atoms with Crippen LogP contribution in [0.1, 0.15) is 0 Å². The largest absolute Gasteiger partial charge is 0.631 e. The minimum Gasteiger partial charge on any atom is -0.413 e. The van der Waals surface area contributed by atoms with Crippen molar-refractivity contribution in [1.82, 2.24) is 0 Å². The molecule has 0 aliphatic carbocycles. The number of amides is 1. The highest BCUT2D eigenvalue weighted by Gasteiger charge is 2.25. The first-order chi connectivity index (χ1) is 5.67. The maximum atomic E-state index is 10.8. The molecule has 1 amide bonds. The minimum absolute atomic E-state index is 0.341. The zero-order chi connectivity index (χ0) is 9.56. The molecule has 0 saturated heterocycles. The molecule has 0 atom stereocenters. The lowest BCUT2D eigenvalue weighted by molar-refractivity contribution is -0.410. The zero-order valence-corrected chi connectivity index (χ0v) is 7.83. The highest BCUT2D eigenvalue weighted by Crippen LogP contribution is 1.84. The molecule has 68 valence electrons. The third-order valence-electron chi connectivity index (χ3n) is 0.902. The van der Waals surface area contributed by atoms with Crippen LogP contribution in [0.2, 0.25) is 0 Å². The monoisotopic (exact) mass is 192 g/mol. The third-order valence-corrected chi connectivity index (χ3v) is 1.42. The molecule has 6 nitrogen and oxygen atoms in total. The first-order valence-corrected chi connectivity index (χ1v) is 3.74. The van der Waals surface area contributed by atoms with E-state index in [1.165, 1.54) is 21.2 Å². The van der Waals surface area contributed by atoms with Gasteiger partial charge in [0.1, 0.15) is 0 Å². The molecule has 0 heterocycles. The second kappa shape index (κ2) is 5.56. The Kier molecular flexibility index (Phi) is 5.06. The van der Waals surface area contributed by atoms with E-state index in [1.807, 2.05) is 0 Å². The topological polar surface area (TPSA) is 74.3 Å². The number of nitrogens with zero attached hydrogens (tertiary/aromatic N) is 3. The number of hydrogen-bond donors (Lipinski definition) is 1. The summed E-state index contributed by atoms with van der Waals surface area (Å²) in [6.07, 6.45) is -0.758. The zero-order valence-electron chi connectivity index (χ0n) is 7.01. The van der Waals surface area contributed by atoms with E-state index in [0.717, 1.165) is 11.1 Å². The fourth-order valence-corrected chi connectivity index (χ4v) is 0.849. The summed E-state index contributed by atoms with van der Waals surface area (Å²) in [6.45, 7) is 0. The first-order valence-electron chi connectivity index (χ1n) is 2.97. The Hall–Kier alpha value is -1.08. The number of carbonyl (C=O) groups excluding carboxylic acids is 1. The standard InChI is InChI=1S/C5H9N3O3S/c1-6-8(4(9)11-3)5(10)12-7-2/h1-3H3/p+1. The number of methoxy groups -OCH3 is 1. The Morgan fingerprint density at radius 3 is 2.50 bits per heavy atom. The van der Waals surface area contributed by atoms with E-state index in [1.54, 1.807) is 0 Å². The second-order valence-electron chi connectivity index (χ2n) is 1.54. The Balaban J connectivity index is 4.84. The Labute approximate surface area is 73.2 Å². The van der Waals surface area contributed by atoms with Crippen molar-refractivity contribution in [3.63, 3.8) is 0 Å². The van der Waals surface area contributed by atoms with Gasteiger partial charge in [0.05, 0.1) is 30.0 Å². The van der Waals surface area contributed by atoms with Gasteiger partial charge < -0.3 is 4.74 Å². The lowest BCUT2D eigenvalue weighted by atomic mass is 11.0. The van der Waals surface area contributed by atoms with Crippen molar-refractivity contribution in [2.24, 2.45) is 9.48 Å². The van der Waals surface area contributed by atoms with Gasteiger partial charge in [0.2, 0.25) is 0 Å². The van der Waals surface area contributed by atoms with E-state index in [9.17, 15) is 4.79 Å². The van der Waals surface area contributed by atoms with Gasteiger partial charge in [0.15, 0.2) is 0 Å². The number of hydrogen-bond acceptors (Lipinski definition) is 4. The molecule has 0 aromatic rings. The summed E-state index contributed by atoms with van der Waals surface area (Å²) in [5.41, 5.74) is 0. The smallest absolute Gasteiger partial charge is 0.413 e. The van der Waals surface area contributed by atoms with E-state index >= 15 is 0 Å². The SMILES string of the molecule is CN=S=C(O)[N+](=NC)C(=O)OC. The predicted molar refractivity (Wildman–Crippen MR) is 44.4 cm³/mol. The van der Waals surface area contributed by atoms with Gasteiger partial charge in [-0.1, -0.05) is 0 Å². The van der Waals surface area contributed by atoms with Crippen LogP contribution in [-0.2, 0) is 15.9 Å². The van der Waals surface area contributed by atoms with Gasteiger partial charge in [0, 0.05) is 7.05 Å². The quantitative estimate of drug-likeness (QED) is 0.342. The van der Waals surface area contributed by atoms with Crippen LogP contribution < -0.4 is 0 Å². The molecule has 0 bridgehead atoms. The van der Waals surface area contributed by atoms with Crippen molar-refractivity contribution in [1.29, 1.82) is 0 Å². The molecule has 0 rings (SSSR count). The lowest BCUT2D eigenvalue weighted by Crippen LogP contribution is -2.25. The van der Waals surface area contributed by atoms with Gasteiger partial charge in [-0.15, -0.1) is 0 Å². The summed E-state index contributed by atoms with van der Waals surface area (Å²) in [5, 5.41) is 12.3. The molecule has 0 aliphatic rings. The predicted octanol–water partition coefficient (Wildman–Crippen LogP) is 0.389. The van der Waals surface area contributed by atoms with Crippen molar-refractivity contribution >= 4 is 22.4 Å². The Bertz CT molecular complexity index is 267. The number of aliphatic hydroxyl groups excluding tert-OH is 1. The Morgan fingerprint density at radius 2 is 2.17 bits per heavy atom. The maximum absolute atomic E-state index is 10.8. The molecule has 0 radical (unpaired) electrons. The van der Waals surface area contributed by atoms with Crippen LogP contribution in [0, 0.1) is 0 Å². The van der Waals surface area contributed by atoms with Gasteiger partial charge in [-0.05, 0) is 5.11 Å². The van der Waals surface area contributed by atoms with E-state index in [-0.39, 0.29) is 5.17 Å². The average molecular weight is 192 g/mol. The molecule has 0 fully saturated rings. The molecule has 0 spiro atoms. The Morgan fingerprint density at radius 1 is 1.58 bits per heavy atom. The summed E-state index contributed by atoms with van der Waals surface area (Å²) in [7, 11) is 4.02. The number of ether oxygens (including phenoxy) is 1. The van der Waals surface area contributed by atoms with Crippen LogP contribution in [0.25, 0.3) is 0 Å². The summed E-state index contributed by atoms with van der Waals surface area (Å²) >= 11 is 0.736. The van der Waals surface area contributed by atoms with Crippen molar-refractivity contribution in [3.05, 3.63) is 0 Å². The summed E-state index contributed by atoms with van der Waals surface area (Å²) in [4.78, 5) is 10.8. The van der Waals surface area contributed by atoms with Gasteiger partial charge in [-0.3, -0.25) is 5.11 Å². The van der Waals surface area contributed by atoms with Crippen LogP contribution in [0.15, 0.2) is 9.48 Å². The molecule has 0 unspecified atom stereocenters. The lowest BCUT2D eigenvalue weighted by Gasteiger charge is -1.89. The van der Waals surface area contributed by atoms with Crippen LogP contribution in [0.4, 0.5) is 4.79 Å². The first kappa shape index (κ1) is 10.9. The van der Waals surface area contributed by atoms with Gasteiger partial charge in [-0.25, -0.2) is 4.36 Å². The van der Waals surface area contributed by atoms with Crippen molar-refractivity contribution in [3.8, 4) is 0 Å². The average Bonchev–Trinajstić information content (AvgIpc) is 2.06. The van der Waals surface area contributed by atoms with E-state index in [2.05, 4.69) is 14.2 Å². The van der Waals surface area contributed by atoms with Crippen molar-refractivity contribution in [2.75, 3.05) is 21.2 Å². The van der Waals surface area contributed by atoms with Crippen LogP contribution in [0.5, 0.6) is 0 Å². The second-order valence-corrected chi connectivity index (χ2v) is 2.45. The normalized spacial score (nSPS) is 10.5. The number of rotatable bonds is 0. The summed E-state index contributed by atoms with van der Waals surface area (Å²) in [5.74, 6) is 0.